The van der Waals surface area contributed by atoms with E-state index in [4.69, 9.17) is 0 Å². The first-order valence-corrected chi connectivity index (χ1v) is 11.0. The van der Waals surface area contributed by atoms with Gasteiger partial charge in [0.15, 0.2) is 0 Å². The maximum absolute atomic E-state index is 12.6. The smallest absolute Gasteiger partial charge is 0.227 e. The van der Waals surface area contributed by atoms with Crippen molar-refractivity contribution in [3.05, 3.63) is 64.6 Å². The Labute approximate surface area is 185 Å². The number of carbonyl (C=O) groups is 3. The van der Waals surface area contributed by atoms with Crippen LogP contribution in [0.1, 0.15) is 24.8 Å². The molecule has 0 radical (unpaired) electrons. The second kappa shape index (κ2) is 10.9. The van der Waals surface area contributed by atoms with Gasteiger partial charge in [-0.3, -0.25) is 14.4 Å². The minimum atomic E-state index is -0.229. The number of hydrogen-bond acceptors (Lipinski definition) is 3. The van der Waals surface area contributed by atoms with Gasteiger partial charge in [-0.25, -0.2) is 0 Å². The Hall–Kier alpha value is -2.67. The maximum Gasteiger partial charge on any atom is 0.227 e. The van der Waals surface area contributed by atoms with Gasteiger partial charge in [-0.2, -0.15) is 0 Å². The van der Waals surface area contributed by atoms with E-state index in [2.05, 4.69) is 26.6 Å². The Bertz CT molecular complexity index is 871. The third-order valence-electron chi connectivity index (χ3n) is 5.12. The average Bonchev–Trinajstić information content (AvgIpc) is 2.76. The predicted octanol–water partition coefficient (Wildman–Crippen LogP) is 3.38. The van der Waals surface area contributed by atoms with Crippen LogP contribution >= 0.6 is 15.9 Å². The number of rotatable bonds is 7. The van der Waals surface area contributed by atoms with Crippen LogP contribution < -0.4 is 10.6 Å². The topological polar surface area (TPSA) is 78.5 Å². The van der Waals surface area contributed by atoms with Crippen LogP contribution in [0.25, 0.3) is 0 Å². The molecule has 1 saturated heterocycles. The third kappa shape index (κ3) is 6.69. The summed E-state index contributed by atoms with van der Waals surface area (Å²) >= 11 is 3.35. The van der Waals surface area contributed by atoms with Crippen molar-refractivity contribution >= 4 is 39.3 Å². The summed E-state index contributed by atoms with van der Waals surface area (Å²) in [5.74, 6) is -0.426. The fraction of sp³-hybridized carbons (Fsp3) is 0.348. The molecule has 3 amide bonds. The van der Waals surface area contributed by atoms with Crippen molar-refractivity contribution in [3.63, 3.8) is 0 Å². The zero-order valence-corrected chi connectivity index (χ0v) is 18.4. The fourth-order valence-electron chi connectivity index (χ4n) is 3.50. The lowest BCUT2D eigenvalue weighted by Gasteiger charge is -2.32. The number of piperidine rings is 1. The highest BCUT2D eigenvalue weighted by molar-refractivity contribution is 9.10. The lowest BCUT2D eigenvalue weighted by molar-refractivity contribution is -0.135. The molecule has 1 aliphatic heterocycles. The highest BCUT2D eigenvalue weighted by Gasteiger charge is 2.28. The second-order valence-corrected chi connectivity index (χ2v) is 8.35. The molecule has 0 aliphatic carbocycles. The molecule has 1 atom stereocenters. The summed E-state index contributed by atoms with van der Waals surface area (Å²) in [5, 5.41) is 5.65. The van der Waals surface area contributed by atoms with Crippen LogP contribution in [0.2, 0.25) is 0 Å². The first kappa shape index (κ1) is 22.0. The Morgan fingerprint density at radius 2 is 1.77 bits per heavy atom. The van der Waals surface area contributed by atoms with Gasteiger partial charge in [0.1, 0.15) is 0 Å². The molecule has 2 N–H and O–H groups in total. The molecule has 0 spiro atoms. The number of amides is 3. The summed E-state index contributed by atoms with van der Waals surface area (Å²) in [6.07, 6.45) is 2.12. The molecule has 1 fully saturated rings. The molecule has 1 unspecified atom stereocenters. The van der Waals surface area contributed by atoms with E-state index in [0.29, 0.717) is 19.5 Å². The van der Waals surface area contributed by atoms with E-state index in [9.17, 15) is 14.4 Å². The molecular weight excluding hydrogens is 446 g/mol. The van der Waals surface area contributed by atoms with Crippen molar-refractivity contribution in [2.24, 2.45) is 5.92 Å². The number of nitrogens with zero attached hydrogens (tertiary/aromatic N) is 1. The highest BCUT2D eigenvalue weighted by atomic mass is 79.9. The van der Waals surface area contributed by atoms with E-state index < -0.39 is 0 Å². The van der Waals surface area contributed by atoms with Crippen molar-refractivity contribution in [2.45, 2.75) is 25.7 Å². The van der Waals surface area contributed by atoms with Gasteiger partial charge in [0.2, 0.25) is 17.7 Å². The number of nitrogens with one attached hydrogen (secondary N) is 2. The minimum Gasteiger partial charge on any atom is -0.355 e. The third-order valence-corrected chi connectivity index (χ3v) is 5.65. The lowest BCUT2D eigenvalue weighted by atomic mass is 9.96. The van der Waals surface area contributed by atoms with Gasteiger partial charge in [-0.1, -0.05) is 46.3 Å². The molecule has 0 aromatic heterocycles. The van der Waals surface area contributed by atoms with Gasteiger partial charge in [0, 0.05) is 36.2 Å². The molecule has 1 heterocycles. The minimum absolute atomic E-state index is 0.0487. The van der Waals surface area contributed by atoms with Crippen molar-refractivity contribution < 1.29 is 14.4 Å². The Morgan fingerprint density at radius 1 is 1.03 bits per heavy atom. The van der Waals surface area contributed by atoms with Gasteiger partial charge in [-0.15, -0.1) is 0 Å². The molecule has 6 nitrogen and oxygen atoms in total. The molecule has 30 heavy (non-hydrogen) atoms. The van der Waals surface area contributed by atoms with Crippen LogP contribution in [-0.4, -0.2) is 42.3 Å². The summed E-state index contributed by atoms with van der Waals surface area (Å²) in [7, 11) is 0. The molecule has 2 aromatic rings. The largest absolute Gasteiger partial charge is 0.355 e. The standard InChI is InChI=1S/C23H26BrN3O3/c24-19-8-10-20(11-9-19)26-21(28)12-13-25-23(30)18-7-4-14-27(16-18)22(29)15-17-5-2-1-3-6-17/h1-3,5-6,8-11,18H,4,7,12-16H2,(H,25,30)(H,26,28). The van der Waals surface area contributed by atoms with E-state index in [1.807, 2.05) is 54.6 Å². The van der Waals surface area contributed by atoms with Crippen LogP contribution in [0.15, 0.2) is 59.1 Å². The first-order chi connectivity index (χ1) is 14.5. The van der Waals surface area contributed by atoms with E-state index in [0.717, 1.165) is 28.6 Å². The fourth-order valence-corrected chi connectivity index (χ4v) is 3.76. The molecule has 2 aromatic carbocycles. The molecule has 0 bridgehead atoms. The monoisotopic (exact) mass is 471 g/mol. The molecule has 0 saturated carbocycles. The van der Waals surface area contributed by atoms with Gasteiger partial charge in [-0.05, 0) is 42.7 Å². The Kier molecular flexibility index (Phi) is 8.02. The number of anilines is 1. The van der Waals surface area contributed by atoms with E-state index >= 15 is 0 Å². The number of likely N-dealkylation sites (tertiary alicyclic amines) is 1. The zero-order valence-electron chi connectivity index (χ0n) is 16.8. The van der Waals surface area contributed by atoms with Gasteiger partial charge in [0.05, 0.1) is 12.3 Å². The molecule has 3 rings (SSSR count). The second-order valence-electron chi connectivity index (χ2n) is 7.44. The average molecular weight is 472 g/mol. The van der Waals surface area contributed by atoms with Crippen LogP contribution in [0, 0.1) is 5.92 Å². The summed E-state index contributed by atoms with van der Waals surface area (Å²) < 4.78 is 0.941. The highest BCUT2D eigenvalue weighted by Crippen LogP contribution is 2.18. The Balaban J connectivity index is 1.40. The van der Waals surface area contributed by atoms with Gasteiger partial charge in [0.25, 0.3) is 0 Å². The summed E-state index contributed by atoms with van der Waals surface area (Å²) in [6.45, 7) is 1.39. The SMILES string of the molecule is O=C(CCNC(=O)C1CCCN(C(=O)Cc2ccccc2)C1)Nc1ccc(Br)cc1. The lowest BCUT2D eigenvalue weighted by Crippen LogP contribution is -2.46. The van der Waals surface area contributed by atoms with E-state index in [1.54, 1.807) is 4.90 Å². The number of halogens is 1. The first-order valence-electron chi connectivity index (χ1n) is 10.2. The molecular formula is C23H26BrN3O3. The van der Waals surface area contributed by atoms with Gasteiger partial charge < -0.3 is 15.5 Å². The number of benzene rings is 2. The van der Waals surface area contributed by atoms with Crippen LogP contribution in [0.4, 0.5) is 5.69 Å². The molecule has 158 valence electrons. The van der Waals surface area contributed by atoms with Crippen LogP contribution in [0.3, 0.4) is 0 Å². The van der Waals surface area contributed by atoms with Crippen molar-refractivity contribution in [1.29, 1.82) is 0 Å². The number of carbonyl (C=O) groups excluding carboxylic acids is 3. The summed E-state index contributed by atoms with van der Waals surface area (Å²) in [6, 6.07) is 17.0. The maximum atomic E-state index is 12.6. The van der Waals surface area contributed by atoms with E-state index in [1.165, 1.54) is 0 Å². The van der Waals surface area contributed by atoms with Crippen molar-refractivity contribution in [1.82, 2.24) is 10.2 Å². The predicted molar refractivity (Wildman–Crippen MR) is 120 cm³/mol. The van der Waals surface area contributed by atoms with Crippen LogP contribution in [0.5, 0.6) is 0 Å². The van der Waals surface area contributed by atoms with Crippen LogP contribution in [-0.2, 0) is 20.8 Å². The van der Waals surface area contributed by atoms with E-state index in [-0.39, 0.29) is 36.6 Å². The summed E-state index contributed by atoms with van der Waals surface area (Å²) in [5.41, 5.74) is 1.69. The van der Waals surface area contributed by atoms with Crippen molar-refractivity contribution in [2.75, 3.05) is 25.0 Å². The zero-order chi connectivity index (χ0) is 21.3. The van der Waals surface area contributed by atoms with Crippen molar-refractivity contribution in [3.8, 4) is 0 Å². The quantitative estimate of drug-likeness (QED) is 0.649. The molecule has 7 heteroatoms. The normalized spacial score (nSPS) is 16.0. The number of hydrogen-bond donors (Lipinski definition) is 2. The summed E-state index contributed by atoms with van der Waals surface area (Å²) in [4.78, 5) is 38.9. The Morgan fingerprint density at radius 3 is 2.50 bits per heavy atom. The van der Waals surface area contributed by atoms with Gasteiger partial charge >= 0.3 is 0 Å². The molecule has 1 aliphatic rings.